The first kappa shape index (κ1) is 19.4. The van der Waals surface area contributed by atoms with Crippen LogP contribution >= 0.6 is 12.4 Å². The molecule has 2 N–H and O–H groups in total. The number of hydrogen-bond acceptors (Lipinski definition) is 4. The van der Waals surface area contributed by atoms with Crippen LogP contribution in [0.4, 0.5) is 0 Å². The van der Waals surface area contributed by atoms with Crippen LogP contribution in [-0.4, -0.2) is 47.0 Å². The second-order valence-electron chi connectivity index (χ2n) is 5.95. The second kappa shape index (κ2) is 8.84. The van der Waals surface area contributed by atoms with Gasteiger partial charge in [-0.15, -0.1) is 12.4 Å². The molecule has 2 rings (SSSR count). The molecule has 7 heteroatoms. The van der Waals surface area contributed by atoms with Crippen LogP contribution in [0.1, 0.15) is 18.4 Å². The Labute approximate surface area is 139 Å². The lowest BCUT2D eigenvalue weighted by Gasteiger charge is -2.22. The Morgan fingerprint density at radius 1 is 1.27 bits per heavy atom. The molecular weight excluding hydrogens is 322 g/mol. The van der Waals surface area contributed by atoms with Crippen molar-refractivity contribution < 1.29 is 8.42 Å². The molecule has 0 saturated carbocycles. The molecule has 1 aliphatic rings. The van der Waals surface area contributed by atoms with Crippen molar-refractivity contribution in [1.29, 1.82) is 0 Å². The minimum atomic E-state index is -3.40. The largest absolute Gasteiger partial charge is 0.316 e. The molecule has 1 aliphatic heterocycles. The van der Waals surface area contributed by atoms with Crippen molar-refractivity contribution in [3.63, 3.8) is 0 Å². The smallest absolute Gasteiger partial charge is 0.240 e. The summed E-state index contributed by atoms with van der Waals surface area (Å²) in [6.45, 7) is 3.25. The Balaban J connectivity index is 0.00000242. The van der Waals surface area contributed by atoms with Crippen molar-refractivity contribution in [2.24, 2.45) is 5.92 Å². The average Bonchev–Trinajstić information content (AvgIpc) is 2.46. The fraction of sp³-hybridized carbons (Fsp3) is 0.600. The van der Waals surface area contributed by atoms with E-state index in [0.717, 1.165) is 38.0 Å². The van der Waals surface area contributed by atoms with Gasteiger partial charge in [-0.25, -0.2) is 13.1 Å². The number of benzene rings is 1. The summed E-state index contributed by atoms with van der Waals surface area (Å²) in [7, 11) is 0.585. The van der Waals surface area contributed by atoms with Gasteiger partial charge in [0.15, 0.2) is 0 Å². The van der Waals surface area contributed by atoms with Gasteiger partial charge in [0.1, 0.15) is 0 Å². The maximum Gasteiger partial charge on any atom is 0.240 e. The zero-order valence-electron chi connectivity index (χ0n) is 13.2. The second-order valence-corrected chi connectivity index (χ2v) is 7.71. The summed E-state index contributed by atoms with van der Waals surface area (Å²) < 4.78 is 27.3. The van der Waals surface area contributed by atoms with Crippen molar-refractivity contribution in [1.82, 2.24) is 14.9 Å². The summed E-state index contributed by atoms with van der Waals surface area (Å²) in [6, 6.07) is 7.11. The molecule has 126 valence electrons. The van der Waals surface area contributed by atoms with Crippen LogP contribution in [0, 0.1) is 5.92 Å². The first-order valence-electron chi connectivity index (χ1n) is 7.41. The van der Waals surface area contributed by atoms with Crippen LogP contribution in [0.15, 0.2) is 29.2 Å². The molecule has 1 saturated heterocycles. The predicted octanol–water partition coefficient (Wildman–Crippen LogP) is 1.45. The van der Waals surface area contributed by atoms with Crippen molar-refractivity contribution in [2.45, 2.75) is 24.3 Å². The molecule has 0 bridgehead atoms. The number of piperidine rings is 1. The summed E-state index contributed by atoms with van der Waals surface area (Å²) >= 11 is 0. The normalized spacial score (nSPS) is 19.0. The summed E-state index contributed by atoms with van der Waals surface area (Å²) in [5, 5.41) is 3.30. The van der Waals surface area contributed by atoms with E-state index in [4.69, 9.17) is 0 Å². The highest BCUT2D eigenvalue weighted by atomic mass is 35.5. The minimum Gasteiger partial charge on any atom is -0.316 e. The van der Waals surface area contributed by atoms with Crippen LogP contribution in [0.5, 0.6) is 0 Å². The van der Waals surface area contributed by atoms with Gasteiger partial charge in [0.25, 0.3) is 0 Å². The molecule has 0 radical (unpaired) electrons. The highest BCUT2D eigenvalue weighted by Crippen LogP contribution is 2.13. The third-order valence-electron chi connectivity index (χ3n) is 3.69. The highest BCUT2D eigenvalue weighted by molar-refractivity contribution is 7.89. The van der Waals surface area contributed by atoms with Crippen molar-refractivity contribution in [2.75, 3.05) is 33.7 Å². The van der Waals surface area contributed by atoms with E-state index in [-0.39, 0.29) is 12.4 Å². The lowest BCUT2D eigenvalue weighted by atomic mass is 10.0. The van der Waals surface area contributed by atoms with Gasteiger partial charge in [0, 0.05) is 13.1 Å². The molecule has 0 aliphatic carbocycles. The van der Waals surface area contributed by atoms with Crippen LogP contribution < -0.4 is 10.0 Å². The number of nitrogens with one attached hydrogen (secondary N) is 2. The SMILES string of the molecule is CN(C)Cc1ccc(S(=O)(=O)NCC2CCCNC2)cc1.Cl. The molecule has 1 heterocycles. The Morgan fingerprint density at radius 2 is 1.95 bits per heavy atom. The monoisotopic (exact) mass is 347 g/mol. The van der Waals surface area contributed by atoms with E-state index in [1.165, 1.54) is 0 Å². The number of halogens is 1. The summed E-state index contributed by atoms with van der Waals surface area (Å²) in [6.07, 6.45) is 2.20. The van der Waals surface area contributed by atoms with Gasteiger partial charge in [-0.1, -0.05) is 12.1 Å². The molecule has 5 nitrogen and oxygen atoms in total. The van der Waals surface area contributed by atoms with Crippen molar-refractivity contribution in [3.05, 3.63) is 29.8 Å². The fourth-order valence-corrected chi connectivity index (χ4v) is 3.66. The third-order valence-corrected chi connectivity index (χ3v) is 5.13. The van der Waals surface area contributed by atoms with E-state index in [9.17, 15) is 8.42 Å². The van der Waals surface area contributed by atoms with Crippen LogP contribution in [-0.2, 0) is 16.6 Å². The van der Waals surface area contributed by atoms with Crippen molar-refractivity contribution >= 4 is 22.4 Å². The number of sulfonamides is 1. The molecule has 22 heavy (non-hydrogen) atoms. The van der Waals surface area contributed by atoms with E-state index >= 15 is 0 Å². The van der Waals surface area contributed by atoms with E-state index in [1.807, 2.05) is 26.2 Å². The molecule has 1 aromatic rings. The Hall–Kier alpha value is -0.660. The Morgan fingerprint density at radius 3 is 2.50 bits per heavy atom. The topological polar surface area (TPSA) is 61.4 Å². The molecule has 1 aromatic carbocycles. The Kier molecular flexibility index (Phi) is 7.79. The van der Waals surface area contributed by atoms with E-state index in [1.54, 1.807) is 12.1 Å². The van der Waals surface area contributed by atoms with Gasteiger partial charge in [-0.2, -0.15) is 0 Å². The first-order valence-corrected chi connectivity index (χ1v) is 8.90. The number of hydrogen-bond donors (Lipinski definition) is 2. The fourth-order valence-electron chi connectivity index (χ4n) is 2.55. The van der Waals surface area contributed by atoms with Gasteiger partial charge in [0.05, 0.1) is 4.90 Å². The van der Waals surface area contributed by atoms with E-state index in [0.29, 0.717) is 17.4 Å². The molecule has 1 atom stereocenters. The number of nitrogens with zero attached hydrogens (tertiary/aromatic N) is 1. The van der Waals surface area contributed by atoms with E-state index in [2.05, 4.69) is 14.9 Å². The van der Waals surface area contributed by atoms with Crippen LogP contribution in [0.3, 0.4) is 0 Å². The lowest BCUT2D eigenvalue weighted by Crippen LogP contribution is -2.38. The summed E-state index contributed by atoms with van der Waals surface area (Å²) in [5.74, 6) is 0.390. The molecule has 1 fully saturated rings. The molecule has 0 aromatic heterocycles. The zero-order chi connectivity index (χ0) is 15.3. The third kappa shape index (κ3) is 5.85. The highest BCUT2D eigenvalue weighted by Gasteiger charge is 2.18. The van der Waals surface area contributed by atoms with E-state index < -0.39 is 10.0 Å². The maximum absolute atomic E-state index is 12.3. The predicted molar refractivity (Wildman–Crippen MR) is 91.9 cm³/mol. The first-order chi connectivity index (χ1) is 9.97. The molecule has 1 unspecified atom stereocenters. The maximum atomic E-state index is 12.3. The van der Waals surface area contributed by atoms with Crippen LogP contribution in [0.25, 0.3) is 0 Å². The summed E-state index contributed by atoms with van der Waals surface area (Å²) in [4.78, 5) is 2.39. The molecule has 0 amide bonds. The molecular formula is C15H26ClN3O2S. The van der Waals surface area contributed by atoms with Crippen LogP contribution in [0.2, 0.25) is 0 Å². The number of rotatable bonds is 6. The van der Waals surface area contributed by atoms with Gasteiger partial charge in [-0.05, 0) is 63.6 Å². The van der Waals surface area contributed by atoms with Crippen molar-refractivity contribution in [3.8, 4) is 0 Å². The Bertz CT molecular complexity index is 540. The molecule has 0 spiro atoms. The van der Waals surface area contributed by atoms with Gasteiger partial charge >= 0.3 is 0 Å². The van der Waals surface area contributed by atoms with Gasteiger partial charge in [0.2, 0.25) is 10.0 Å². The standard InChI is InChI=1S/C15H25N3O2S.ClH/c1-18(2)12-13-5-7-15(8-6-13)21(19,20)17-11-14-4-3-9-16-10-14;/h5-8,14,16-17H,3-4,9-12H2,1-2H3;1H. The van der Waals surface area contributed by atoms with Gasteiger partial charge in [-0.3, -0.25) is 0 Å². The lowest BCUT2D eigenvalue weighted by molar-refractivity contribution is 0.376. The van der Waals surface area contributed by atoms with Gasteiger partial charge < -0.3 is 10.2 Å². The zero-order valence-corrected chi connectivity index (χ0v) is 14.8. The summed E-state index contributed by atoms with van der Waals surface area (Å²) in [5.41, 5.74) is 1.11. The minimum absolute atomic E-state index is 0. The average molecular weight is 348 g/mol. The quantitative estimate of drug-likeness (QED) is 0.817.